The fourth-order valence-corrected chi connectivity index (χ4v) is 5.67. The van der Waals surface area contributed by atoms with Crippen LogP contribution in [0.2, 0.25) is 10.0 Å². The van der Waals surface area contributed by atoms with Crippen LogP contribution in [0.5, 0.6) is 0 Å². The molecule has 3 aromatic rings. The first-order valence-corrected chi connectivity index (χ1v) is 11.5. The number of carbonyl (C=O) groups excluding carboxylic acids is 1. The average molecular weight is 439 g/mol. The van der Waals surface area contributed by atoms with E-state index in [0.717, 1.165) is 22.1 Å². The number of primary amides is 1. The zero-order chi connectivity index (χ0) is 20.1. The van der Waals surface area contributed by atoms with Crippen molar-refractivity contribution in [1.29, 1.82) is 0 Å². The molecular weight excluding hydrogens is 419 g/mol. The lowest BCUT2D eigenvalue weighted by molar-refractivity contribution is 0.100. The Kier molecular flexibility index (Phi) is 5.10. The fraction of sp³-hybridized carbons (Fsp3) is 0.250. The van der Waals surface area contributed by atoms with Crippen molar-refractivity contribution in [2.75, 3.05) is 11.5 Å². The highest BCUT2D eigenvalue weighted by Gasteiger charge is 2.27. The summed E-state index contributed by atoms with van der Waals surface area (Å²) in [5.74, 6) is 0.482. The summed E-state index contributed by atoms with van der Waals surface area (Å²) in [6, 6.07) is 9.10. The van der Waals surface area contributed by atoms with Crippen LogP contribution in [0.4, 0.5) is 0 Å². The topological polar surface area (TPSA) is 99.3 Å². The van der Waals surface area contributed by atoms with Crippen LogP contribution in [0, 0.1) is 0 Å². The number of H-pyrrole nitrogens is 1. The molecule has 1 aliphatic rings. The van der Waals surface area contributed by atoms with Gasteiger partial charge >= 0.3 is 0 Å². The monoisotopic (exact) mass is 438 g/mol. The molecule has 28 heavy (non-hydrogen) atoms. The summed E-state index contributed by atoms with van der Waals surface area (Å²) >= 11 is 12.2. The molecule has 1 aromatic heterocycles. The smallest absolute Gasteiger partial charge is 0.250 e. The molecule has 4 rings (SSSR count). The summed E-state index contributed by atoms with van der Waals surface area (Å²) in [5.41, 5.74) is 9.46. The molecule has 1 amide bonds. The van der Waals surface area contributed by atoms with E-state index in [1.54, 1.807) is 18.2 Å². The minimum Gasteiger partial charge on any atom is -0.366 e. The minimum absolute atomic E-state index is 0.193. The number of benzene rings is 2. The fourth-order valence-electron chi connectivity index (χ4n) is 3.85. The van der Waals surface area contributed by atoms with E-state index < -0.39 is 16.5 Å². The van der Waals surface area contributed by atoms with Gasteiger partial charge in [-0.3, -0.25) is 13.9 Å². The van der Waals surface area contributed by atoms with Gasteiger partial charge in [0.05, 0.1) is 21.1 Å². The van der Waals surface area contributed by atoms with Crippen molar-refractivity contribution >= 4 is 50.6 Å². The Balaban J connectivity index is 1.84. The molecule has 2 heterocycles. The van der Waals surface area contributed by atoms with E-state index in [1.807, 2.05) is 18.3 Å². The number of aromatic amines is 1. The molecule has 2 aromatic carbocycles. The lowest BCUT2D eigenvalue weighted by Crippen LogP contribution is -2.19. The quantitative estimate of drug-likeness (QED) is 0.411. The van der Waals surface area contributed by atoms with E-state index in [2.05, 4.69) is 4.98 Å². The molecule has 0 saturated carbocycles. The van der Waals surface area contributed by atoms with Crippen molar-refractivity contribution in [2.24, 2.45) is 5.73 Å². The van der Waals surface area contributed by atoms with Gasteiger partial charge in [-0.2, -0.15) is 10.6 Å². The highest BCUT2D eigenvalue weighted by Crippen LogP contribution is 2.49. The predicted molar refractivity (Wildman–Crippen MR) is 117 cm³/mol. The maximum Gasteiger partial charge on any atom is 0.250 e. The van der Waals surface area contributed by atoms with Crippen molar-refractivity contribution in [1.82, 2.24) is 4.98 Å². The third-order valence-electron chi connectivity index (χ3n) is 5.37. The summed E-state index contributed by atoms with van der Waals surface area (Å²) in [4.78, 5) is 15.3. The highest BCUT2D eigenvalue weighted by molar-refractivity contribution is 8.24. The van der Waals surface area contributed by atoms with Gasteiger partial charge in [0.1, 0.15) is 0 Å². The van der Waals surface area contributed by atoms with Crippen molar-refractivity contribution < 1.29 is 13.9 Å². The number of amides is 1. The van der Waals surface area contributed by atoms with Crippen LogP contribution in [-0.2, 0) is 0 Å². The Morgan fingerprint density at radius 2 is 1.79 bits per heavy atom. The molecule has 0 unspecified atom stereocenters. The molecule has 0 radical (unpaired) electrons. The van der Waals surface area contributed by atoms with Crippen molar-refractivity contribution in [2.45, 2.75) is 18.8 Å². The zero-order valence-corrected chi connectivity index (χ0v) is 17.2. The number of hydrogen-bond donors (Lipinski definition) is 4. The second kappa shape index (κ2) is 7.28. The van der Waals surface area contributed by atoms with Crippen LogP contribution in [0.1, 0.15) is 34.7 Å². The summed E-state index contributed by atoms with van der Waals surface area (Å²) in [6.45, 7) is 0. The van der Waals surface area contributed by atoms with Gasteiger partial charge in [0.2, 0.25) is 0 Å². The van der Waals surface area contributed by atoms with Crippen LogP contribution < -0.4 is 5.73 Å². The van der Waals surface area contributed by atoms with Gasteiger partial charge in [0.25, 0.3) is 5.91 Å². The van der Waals surface area contributed by atoms with Gasteiger partial charge in [-0.15, -0.1) is 0 Å². The van der Waals surface area contributed by atoms with E-state index in [1.165, 1.54) is 0 Å². The predicted octanol–water partition coefficient (Wildman–Crippen LogP) is 5.87. The SMILES string of the molecule is NC(=O)c1cc(-c2ccc(Cl)c(Cl)c2)cc2c(C3CCS(O)(O)CC3)c[nH]c12. The summed E-state index contributed by atoms with van der Waals surface area (Å²) in [5, 5.41) is 1.82. The molecule has 1 fully saturated rings. The first-order chi connectivity index (χ1) is 13.2. The molecule has 8 heteroatoms. The molecule has 0 spiro atoms. The molecule has 1 aliphatic heterocycles. The zero-order valence-electron chi connectivity index (χ0n) is 14.9. The Morgan fingerprint density at radius 1 is 1.07 bits per heavy atom. The second-order valence-electron chi connectivity index (χ2n) is 7.17. The van der Waals surface area contributed by atoms with E-state index >= 15 is 0 Å². The lowest BCUT2D eigenvalue weighted by atomic mass is 9.91. The summed E-state index contributed by atoms with van der Waals surface area (Å²) in [7, 11) is -2.45. The van der Waals surface area contributed by atoms with E-state index in [9.17, 15) is 13.9 Å². The molecule has 5 N–H and O–H groups in total. The number of nitrogens with two attached hydrogens (primary N) is 1. The number of nitrogens with one attached hydrogen (secondary N) is 1. The third kappa shape index (κ3) is 3.63. The van der Waals surface area contributed by atoms with Gasteiger partial charge in [0, 0.05) is 23.1 Å². The number of halogens is 2. The molecule has 0 aliphatic carbocycles. The number of carbonyl (C=O) groups is 1. The normalized spacial score (nSPS) is 18.3. The van der Waals surface area contributed by atoms with Crippen LogP contribution in [0.3, 0.4) is 0 Å². The average Bonchev–Trinajstić information content (AvgIpc) is 3.07. The summed E-state index contributed by atoms with van der Waals surface area (Å²) in [6.07, 6.45) is 3.29. The Bertz CT molecular complexity index is 1070. The lowest BCUT2D eigenvalue weighted by Gasteiger charge is -2.39. The van der Waals surface area contributed by atoms with E-state index in [-0.39, 0.29) is 5.92 Å². The van der Waals surface area contributed by atoms with Gasteiger partial charge in [-0.25, -0.2) is 0 Å². The molecule has 0 atom stereocenters. The van der Waals surface area contributed by atoms with E-state index in [4.69, 9.17) is 28.9 Å². The molecule has 148 valence electrons. The molecule has 1 saturated heterocycles. The van der Waals surface area contributed by atoms with Gasteiger partial charge in [-0.05, 0) is 59.7 Å². The number of rotatable bonds is 3. The largest absolute Gasteiger partial charge is 0.366 e. The number of aromatic nitrogens is 1. The van der Waals surface area contributed by atoms with Crippen LogP contribution >= 0.6 is 33.8 Å². The molecule has 5 nitrogen and oxygen atoms in total. The van der Waals surface area contributed by atoms with Crippen molar-refractivity contribution in [3.05, 3.63) is 57.7 Å². The Morgan fingerprint density at radius 3 is 2.43 bits per heavy atom. The van der Waals surface area contributed by atoms with Crippen LogP contribution in [-0.4, -0.2) is 31.5 Å². The third-order valence-corrected chi connectivity index (χ3v) is 7.88. The van der Waals surface area contributed by atoms with Crippen molar-refractivity contribution in [3.63, 3.8) is 0 Å². The molecule has 0 bridgehead atoms. The first-order valence-electron chi connectivity index (χ1n) is 8.89. The Labute approximate surface area is 174 Å². The van der Waals surface area contributed by atoms with Crippen molar-refractivity contribution in [3.8, 4) is 11.1 Å². The van der Waals surface area contributed by atoms with E-state index in [0.29, 0.717) is 45.5 Å². The maximum absolute atomic E-state index is 12.1. The highest BCUT2D eigenvalue weighted by atomic mass is 35.5. The second-order valence-corrected chi connectivity index (χ2v) is 10.4. The van der Waals surface area contributed by atoms with Crippen LogP contribution in [0.15, 0.2) is 36.5 Å². The van der Waals surface area contributed by atoms with Gasteiger partial charge in [0.15, 0.2) is 0 Å². The number of fused-ring (bicyclic) bond motifs is 1. The maximum atomic E-state index is 12.1. The first kappa shape index (κ1) is 19.6. The number of hydrogen-bond acceptors (Lipinski definition) is 3. The Hall–Kier alpha value is -1.70. The minimum atomic E-state index is -2.45. The van der Waals surface area contributed by atoms with Crippen LogP contribution in [0.25, 0.3) is 22.0 Å². The van der Waals surface area contributed by atoms with Gasteiger partial charge < -0.3 is 10.7 Å². The molecular formula is C20H20Cl2N2O3S. The standard InChI is InChI=1S/C20H20Cl2N2O3S/c21-17-2-1-12(9-18(17)22)13-7-14-16(11-3-5-28(26,27)6-4-11)10-24-19(14)15(8-13)20(23)25/h1-2,7-11,24,26-27H,3-6H2,(H2,23,25). The summed E-state index contributed by atoms with van der Waals surface area (Å²) < 4.78 is 19.8. The van der Waals surface area contributed by atoms with Gasteiger partial charge in [-0.1, -0.05) is 29.3 Å².